The second-order valence-electron chi connectivity index (χ2n) is 5.00. The van der Waals surface area contributed by atoms with Gasteiger partial charge in [-0.2, -0.15) is 0 Å². The van der Waals surface area contributed by atoms with Crippen molar-refractivity contribution in [3.05, 3.63) is 45.2 Å². The van der Waals surface area contributed by atoms with Crippen LogP contribution in [0.1, 0.15) is 5.56 Å². The van der Waals surface area contributed by atoms with Gasteiger partial charge in [-0.1, -0.05) is 17.7 Å². The molecule has 0 amide bonds. The smallest absolute Gasteiger partial charge is 0.255 e. The van der Waals surface area contributed by atoms with E-state index >= 15 is 0 Å². The van der Waals surface area contributed by atoms with E-state index in [1.807, 2.05) is 25.1 Å². The maximum Gasteiger partial charge on any atom is 0.255 e. The third kappa shape index (κ3) is 3.86. The van der Waals surface area contributed by atoms with Crippen molar-refractivity contribution in [1.82, 2.24) is 4.57 Å². The standard InChI is InChI=1S/C15H18ClN3O3S/c1-9-5-6-11(10(16)7-9)17-15-14(18-23(4)21)12(22-3)8-13(20)19(15)2/h5-8,17-18H,1-4H3. The minimum absolute atomic E-state index is 0.264. The number of nitrogens with one attached hydrogen (secondary N) is 2. The van der Waals surface area contributed by atoms with E-state index in [4.69, 9.17) is 16.3 Å². The Morgan fingerprint density at radius 2 is 2.00 bits per heavy atom. The Bertz CT molecular complexity index is 820. The first kappa shape index (κ1) is 17.4. The normalized spacial score (nSPS) is 11.9. The average molecular weight is 356 g/mol. The molecule has 0 spiro atoms. The predicted octanol–water partition coefficient (Wildman–Crippen LogP) is 2.80. The lowest BCUT2D eigenvalue weighted by Crippen LogP contribution is -2.21. The van der Waals surface area contributed by atoms with Crippen molar-refractivity contribution in [1.29, 1.82) is 0 Å². The number of hydrogen-bond donors (Lipinski definition) is 2. The molecule has 8 heteroatoms. The Morgan fingerprint density at radius 1 is 1.30 bits per heavy atom. The van der Waals surface area contributed by atoms with Crippen LogP contribution < -0.4 is 20.3 Å². The Hall–Kier alpha value is -1.99. The molecule has 1 unspecified atom stereocenters. The first-order valence-corrected chi connectivity index (χ1v) is 8.68. The molecule has 0 saturated heterocycles. The highest BCUT2D eigenvalue weighted by Crippen LogP contribution is 2.34. The molecule has 0 radical (unpaired) electrons. The SMILES string of the molecule is COc1cc(=O)n(C)c(Nc2ccc(C)cc2Cl)c1NS(C)=O. The highest BCUT2D eigenvalue weighted by atomic mass is 35.5. The lowest BCUT2D eigenvalue weighted by molar-refractivity contribution is 0.415. The van der Waals surface area contributed by atoms with Gasteiger partial charge in [-0.15, -0.1) is 0 Å². The van der Waals surface area contributed by atoms with Gasteiger partial charge in [0.1, 0.15) is 22.5 Å². The van der Waals surface area contributed by atoms with E-state index in [0.717, 1.165) is 5.56 Å². The summed E-state index contributed by atoms with van der Waals surface area (Å²) in [6.45, 7) is 1.93. The van der Waals surface area contributed by atoms with Gasteiger partial charge in [0.15, 0.2) is 5.75 Å². The van der Waals surface area contributed by atoms with Gasteiger partial charge in [-0.3, -0.25) is 14.1 Å². The summed E-state index contributed by atoms with van der Waals surface area (Å²) in [5, 5.41) is 3.63. The number of methoxy groups -OCH3 is 1. The van der Waals surface area contributed by atoms with E-state index in [0.29, 0.717) is 28.0 Å². The monoisotopic (exact) mass is 355 g/mol. The number of hydrogen-bond acceptors (Lipinski definition) is 4. The third-order valence-corrected chi connectivity index (χ3v) is 4.05. The van der Waals surface area contributed by atoms with E-state index in [9.17, 15) is 9.00 Å². The number of aryl methyl sites for hydroxylation is 1. The molecule has 1 aromatic carbocycles. The number of anilines is 3. The fourth-order valence-corrected chi connectivity index (χ4v) is 2.84. The molecule has 2 rings (SSSR count). The molecule has 23 heavy (non-hydrogen) atoms. The maximum atomic E-state index is 12.1. The van der Waals surface area contributed by atoms with Gasteiger partial charge in [0, 0.05) is 19.4 Å². The highest BCUT2D eigenvalue weighted by Gasteiger charge is 2.17. The molecule has 6 nitrogen and oxygen atoms in total. The van der Waals surface area contributed by atoms with Crippen molar-refractivity contribution in [2.75, 3.05) is 23.4 Å². The third-order valence-electron chi connectivity index (χ3n) is 3.25. The van der Waals surface area contributed by atoms with Crippen molar-refractivity contribution in [3.8, 4) is 5.75 Å². The molecule has 0 saturated carbocycles. The molecule has 1 aromatic heterocycles. The first-order valence-electron chi connectivity index (χ1n) is 6.74. The van der Waals surface area contributed by atoms with Crippen molar-refractivity contribution in [3.63, 3.8) is 0 Å². The van der Waals surface area contributed by atoms with Crippen LogP contribution in [0.3, 0.4) is 0 Å². The number of benzene rings is 1. The molecule has 2 N–H and O–H groups in total. The number of ether oxygens (including phenoxy) is 1. The summed E-state index contributed by atoms with van der Waals surface area (Å²) >= 11 is 6.24. The van der Waals surface area contributed by atoms with E-state index < -0.39 is 11.0 Å². The molecule has 0 aliphatic rings. The summed E-state index contributed by atoms with van der Waals surface area (Å²) in [5.74, 6) is 0.712. The average Bonchev–Trinajstić information content (AvgIpc) is 2.48. The lowest BCUT2D eigenvalue weighted by Gasteiger charge is -2.19. The first-order chi connectivity index (χ1) is 10.8. The van der Waals surface area contributed by atoms with Gasteiger partial charge in [-0.05, 0) is 24.6 Å². The topological polar surface area (TPSA) is 72.4 Å². The summed E-state index contributed by atoms with van der Waals surface area (Å²) < 4.78 is 21.0. The zero-order valence-electron chi connectivity index (χ0n) is 13.3. The minimum atomic E-state index is -1.34. The van der Waals surface area contributed by atoms with Crippen molar-refractivity contribution >= 4 is 39.8 Å². The summed E-state index contributed by atoms with van der Waals surface area (Å²) in [6, 6.07) is 6.86. The molecule has 0 fully saturated rings. The van der Waals surface area contributed by atoms with Gasteiger partial charge in [0.05, 0.1) is 17.8 Å². The van der Waals surface area contributed by atoms with Crippen LogP contribution in [0.25, 0.3) is 0 Å². The molecular formula is C15H18ClN3O3S. The summed E-state index contributed by atoms with van der Waals surface area (Å²) in [4.78, 5) is 12.1. The highest BCUT2D eigenvalue weighted by molar-refractivity contribution is 7.85. The van der Waals surface area contributed by atoms with E-state index in [-0.39, 0.29) is 5.56 Å². The van der Waals surface area contributed by atoms with Gasteiger partial charge >= 0.3 is 0 Å². The lowest BCUT2D eigenvalue weighted by atomic mass is 10.2. The fraction of sp³-hybridized carbons (Fsp3) is 0.267. The van der Waals surface area contributed by atoms with Crippen molar-refractivity contribution in [2.24, 2.45) is 7.05 Å². The number of rotatable bonds is 5. The predicted molar refractivity (Wildman–Crippen MR) is 95.4 cm³/mol. The summed E-state index contributed by atoms with van der Waals surface area (Å²) in [5.41, 5.74) is 1.81. The van der Waals surface area contributed by atoms with Crippen LogP contribution in [0.5, 0.6) is 5.75 Å². The number of nitrogens with zero attached hydrogens (tertiary/aromatic N) is 1. The summed E-state index contributed by atoms with van der Waals surface area (Å²) in [7, 11) is 1.71. The van der Waals surface area contributed by atoms with E-state index in [2.05, 4.69) is 10.0 Å². The van der Waals surface area contributed by atoms with E-state index in [1.165, 1.54) is 24.0 Å². The molecule has 0 aliphatic carbocycles. The zero-order chi connectivity index (χ0) is 17.1. The largest absolute Gasteiger partial charge is 0.494 e. The van der Waals surface area contributed by atoms with Gasteiger partial charge in [0.25, 0.3) is 5.56 Å². The van der Waals surface area contributed by atoms with Gasteiger partial charge in [0.2, 0.25) is 0 Å². The number of aromatic nitrogens is 1. The minimum Gasteiger partial charge on any atom is -0.494 e. The van der Waals surface area contributed by atoms with Crippen LogP contribution in [0, 0.1) is 6.92 Å². The van der Waals surface area contributed by atoms with Crippen molar-refractivity contribution in [2.45, 2.75) is 6.92 Å². The van der Waals surface area contributed by atoms with Crippen molar-refractivity contribution < 1.29 is 8.95 Å². The number of pyridine rings is 1. The Morgan fingerprint density at radius 3 is 2.57 bits per heavy atom. The van der Waals surface area contributed by atoms with Crippen LogP contribution in [0.4, 0.5) is 17.2 Å². The molecule has 124 valence electrons. The molecule has 0 aliphatic heterocycles. The zero-order valence-corrected chi connectivity index (χ0v) is 14.8. The fourth-order valence-electron chi connectivity index (χ4n) is 2.07. The molecule has 0 bridgehead atoms. The Kier molecular flexibility index (Phi) is 5.33. The molecule has 1 atom stereocenters. The second kappa shape index (κ2) is 7.06. The molecular weight excluding hydrogens is 338 g/mol. The van der Waals surface area contributed by atoms with E-state index in [1.54, 1.807) is 7.05 Å². The summed E-state index contributed by atoms with van der Waals surface area (Å²) in [6.07, 6.45) is 1.49. The molecule has 2 aromatic rings. The van der Waals surface area contributed by atoms with Gasteiger partial charge < -0.3 is 10.1 Å². The van der Waals surface area contributed by atoms with Crippen LogP contribution in [0.2, 0.25) is 5.02 Å². The Balaban J connectivity index is 2.61. The van der Waals surface area contributed by atoms with Crippen LogP contribution in [0.15, 0.2) is 29.1 Å². The quantitative estimate of drug-likeness (QED) is 0.865. The maximum absolute atomic E-state index is 12.1. The van der Waals surface area contributed by atoms with Crippen LogP contribution >= 0.6 is 11.6 Å². The number of halogens is 1. The van der Waals surface area contributed by atoms with Crippen LogP contribution in [-0.2, 0) is 18.0 Å². The van der Waals surface area contributed by atoms with Gasteiger partial charge in [-0.25, -0.2) is 4.21 Å². The van der Waals surface area contributed by atoms with Crippen LogP contribution in [-0.4, -0.2) is 22.1 Å². The second-order valence-corrected chi connectivity index (χ2v) is 6.52. The molecule has 1 heterocycles. The Labute approximate surface area is 142 Å².